The van der Waals surface area contributed by atoms with Gasteiger partial charge in [0.05, 0.1) is 17.6 Å². The van der Waals surface area contributed by atoms with Crippen LogP contribution in [0.5, 0.6) is 0 Å². The minimum Gasteiger partial charge on any atom is -0.383 e. The fourth-order valence-electron chi connectivity index (χ4n) is 5.88. The van der Waals surface area contributed by atoms with Crippen LogP contribution in [-0.2, 0) is 15.9 Å². The Balaban J connectivity index is 1.80. The Bertz CT molecular complexity index is 1520. The van der Waals surface area contributed by atoms with Gasteiger partial charge in [0.25, 0.3) is 5.91 Å². The molecule has 0 saturated carbocycles. The zero-order chi connectivity index (χ0) is 24.0. The number of aliphatic hydroxyl groups is 1. The summed E-state index contributed by atoms with van der Waals surface area (Å²) in [6, 6.07) is 35.5. The molecule has 0 radical (unpaired) electrons. The molecule has 172 valence electrons. The molecule has 4 heteroatoms. The molecule has 1 aliphatic rings. The second kappa shape index (κ2) is 8.05. The topological polar surface area (TPSA) is 58.6 Å². The molecule has 1 amide bonds. The highest BCUT2D eigenvalue weighted by molar-refractivity contribution is 6.21. The molecule has 0 bridgehead atoms. The van der Waals surface area contributed by atoms with Gasteiger partial charge in [-0.1, -0.05) is 109 Å². The maximum Gasteiger partial charge on any atom is 0.254 e. The summed E-state index contributed by atoms with van der Waals surface area (Å²) in [5, 5.41) is 19.6. The lowest BCUT2D eigenvalue weighted by Gasteiger charge is -2.46. The van der Waals surface area contributed by atoms with Gasteiger partial charge in [-0.25, -0.2) is 0 Å². The number of rotatable bonds is 5. The average Bonchev–Trinajstić information content (AvgIpc) is 3.20. The van der Waals surface area contributed by atoms with Crippen LogP contribution in [-0.4, -0.2) is 24.7 Å². The minimum absolute atomic E-state index is 0.151. The summed E-state index contributed by atoms with van der Waals surface area (Å²) < 4.78 is 5.83. The molecule has 4 nitrogen and oxygen atoms in total. The van der Waals surface area contributed by atoms with Crippen molar-refractivity contribution in [1.29, 1.82) is 0 Å². The van der Waals surface area contributed by atoms with Gasteiger partial charge in [0.2, 0.25) is 0 Å². The van der Waals surface area contributed by atoms with E-state index in [2.05, 4.69) is 5.32 Å². The third kappa shape index (κ3) is 2.91. The van der Waals surface area contributed by atoms with E-state index in [0.29, 0.717) is 11.1 Å². The molecule has 1 heterocycles. The van der Waals surface area contributed by atoms with Gasteiger partial charge >= 0.3 is 0 Å². The van der Waals surface area contributed by atoms with E-state index in [1.54, 1.807) is 7.11 Å². The van der Waals surface area contributed by atoms with Crippen molar-refractivity contribution in [3.63, 3.8) is 0 Å². The smallest absolute Gasteiger partial charge is 0.254 e. The Kier molecular flexibility index (Phi) is 4.95. The van der Waals surface area contributed by atoms with Crippen molar-refractivity contribution >= 4 is 27.5 Å². The van der Waals surface area contributed by atoms with Crippen LogP contribution in [0.25, 0.3) is 21.5 Å². The first-order valence-electron chi connectivity index (χ1n) is 11.7. The van der Waals surface area contributed by atoms with E-state index in [9.17, 15) is 9.90 Å². The normalized spacial score (nSPS) is 17.5. The molecule has 1 unspecified atom stereocenters. The molecular weight excluding hydrogens is 434 g/mol. The summed E-state index contributed by atoms with van der Waals surface area (Å²) in [5.41, 5.74) is -0.101. The average molecular weight is 460 g/mol. The van der Waals surface area contributed by atoms with Crippen molar-refractivity contribution in [2.24, 2.45) is 0 Å². The largest absolute Gasteiger partial charge is 0.383 e. The molecule has 1 atom stereocenters. The van der Waals surface area contributed by atoms with E-state index in [1.807, 2.05) is 109 Å². The number of ether oxygens (including phenoxy) is 1. The Hall–Kier alpha value is -3.99. The molecule has 35 heavy (non-hydrogen) atoms. The number of amides is 1. The number of hydrogen-bond acceptors (Lipinski definition) is 3. The van der Waals surface area contributed by atoms with Gasteiger partial charge in [-0.15, -0.1) is 0 Å². The van der Waals surface area contributed by atoms with Gasteiger partial charge in [-0.3, -0.25) is 4.79 Å². The number of nitrogens with one attached hydrogen (secondary N) is 1. The van der Waals surface area contributed by atoms with Crippen molar-refractivity contribution < 1.29 is 14.6 Å². The van der Waals surface area contributed by atoms with E-state index in [4.69, 9.17) is 4.74 Å². The number of fused-ring (bicyclic) bond motifs is 6. The first kappa shape index (κ1) is 21.5. The lowest BCUT2D eigenvalue weighted by Crippen LogP contribution is -2.59. The molecule has 0 aliphatic carbocycles. The highest BCUT2D eigenvalue weighted by Crippen LogP contribution is 2.53. The van der Waals surface area contributed by atoms with Crippen LogP contribution in [0.2, 0.25) is 0 Å². The van der Waals surface area contributed by atoms with Crippen molar-refractivity contribution in [3.8, 4) is 0 Å². The molecular formula is C31H25NO3. The molecule has 0 aromatic heterocycles. The lowest BCUT2D eigenvalue weighted by atomic mass is 9.64. The van der Waals surface area contributed by atoms with Crippen LogP contribution in [0.1, 0.15) is 27.0 Å². The highest BCUT2D eigenvalue weighted by Gasteiger charge is 2.60. The van der Waals surface area contributed by atoms with Gasteiger partial charge in [0.15, 0.2) is 5.72 Å². The fourth-order valence-corrected chi connectivity index (χ4v) is 5.88. The standard InChI is InChI=1S/C31H25NO3/c1-35-20-30(21-12-4-2-5-13-21,22-14-6-3-7-15-22)31(34)28-26-19-11-9-17-24(26)23-16-8-10-18-25(23)27(28)29(33)32-31/h2-19,34H,20H2,1H3,(H,32,33). The number of carbonyl (C=O) groups is 1. The van der Waals surface area contributed by atoms with Crippen LogP contribution in [0.15, 0.2) is 109 Å². The predicted octanol–water partition coefficient (Wildman–Crippen LogP) is 5.51. The Morgan fingerprint density at radius 3 is 1.71 bits per heavy atom. The molecule has 2 N–H and O–H groups in total. The van der Waals surface area contributed by atoms with Crippen LogP contribution < -0.4 is 5.32 Å². The monoisotopic (exact) mass is 459 g/mol. The third-order valence-corrected chi connectivity index (χ3v) is 7.33. The van der Waals surface area contributed by atoms with Crippen LogP contribution >= 0.6 is 0 Å². The van der Waals surface area contributed by atoms with Crippen molar-refractivity contribution in [3.05, 3.63) is 131 Å². The maximum absolute atomic E-state index is 13.7. The summed E-state index contributed by atoms with van der Waals surface area (Å²) in [6.45, 7) is 0.151. The summed E-state index contributed by atoms with van der Waals surface area (Å²) in [4.78, 5) is 13.7. The summed E-state index contributed by atoms with van der Waals surface area (Å²) in [7, 11) is 1.63. The van der Waals surface area contributed by atoms with Crippen molar-refractivity contribution in [1.82, 2.24) is 5.32 Å². The number of carbonyl (C=O) groups excluding carboxylic acids is 1. The van der Waals surface area contributed by atoms with E-state index >= 15 is 0 Å². The first-order chi connectivity index (χ1) is 17.1. The fraction of sp³-hybridized carbons (Fsp3) is 0.129. The number of hydrogen-bond donors (Lipinski definition) is 2. The zero-order valence-corrected chi connectivity index (χ0v) is 19.4. The molecule has 5 aromatic carbocycles. The van der Waals surface area contributed by atoms with E-state index in [-0.39, 0.29) is 12.5 Å². The van der Waals surface area contributed by atoms with Gasteiger partial charge in [-0.05, 0) is 32.7 Å². The minimum atomic E-state index is -1.78. The number of benzene rings is 5. The Labute approximate surface area is 203 Å². The predicted molar refractivity (Wildman–Crippen MR) is 138 cm³/mol. The van der Waals surface area contributed by atoms with Crippen LogP contribution in [0.3, 0.4) is 0 Å². The summed E-state index contributed by atoms with van der Waals surface area (Å²) >= 11 is 0. The number of methoxy groups -OCH3 is 1. The molecule has 0 fully saturated rings. The lowest BCUT2D eigenvalue weighted by molar-refractivity contribution is -0.0705. The van der Waals surface area contributed by atoms with Gasteiger partial charge in [0.1, 0.15) is 0 Å². The van der Waals surface area contributed by atoms with Gasteiger partial charge < -0.3 is 15.2 Å². The SMILES string of the molecule is COCC(c1ccccc1)(c1ccccc1)C1(O)NC(=O)c2c1c1ccccc1c1ccccc21. The molecule has 0 saturated heterocycles. The molecule has 0 spiro atoms. The molecule has 1 aliphatic heterocycles. The highest BCUT2D eigenvalue weighted by atomic mass is 16.5. The van der Waals surface area contributed by atoms with Crippen molar-refractivity contribution in [2.75, 3.05) is 13.7 Å². The maximum atomic E-state index is 13.7. The zero-order valence-electron chi connectivity index (χ0n) is 19.4. The third-order valence-electron chi connectivity index (χ3n) is 7.33. The summed E-state index contributed by atoms with van der Waals surface area (Å²) in [6.07, 6.45) is 0. The summed E-state index contributed by atoms with van der Waals surface area (Å²) in [5.74, 6) is -0.295. The first-order valence-corrected chi connectivity index (χ1v) is 11.7. The Morgan fingerprint density at radius 1 is 0.714 bits per heavy atom. The van der Waals surface area contributed by atoms with Crippen LogP contribution in [0.4, 0.5) is 0 Å². The second-order valence-corrected chi connectivity index (χ2v) is 9.08. The van der Waals surface area contributed by atoms with E-state index < -0.39 is 11.1 Å². The quantitative estimate of drug-likeness (QED) is 0.341. The van der Waals surface area contributed by atoms with E-state index in [1.165, 1.54) is 0 Å². The van der Waals surface area contributed by atoms with Crippen LogP contribution in [0, 0.1) is 0 Å². The molecule has 5 aromatic rings. The Morgan fingerprint density at radius 2 is 1.17 bits per heavy atom. The van der Waals surface area contributed by atoms with Gasteiger partial charge in [0, 0.05) is 12.7 Å². The van der Waals surface area contributed by atoms with Gasteiger partial charge in [-0.2, -0.15) is 0 Å². The van der Waals surface area contributed by atoms with E-state index in [0.717, 1.165) is 32.7 Å². The molecule has 6 rings (SSSR count). The van der Waals surface area contributed by atoms with Crippen molar-refractivity contribution in [2.45, 2.75) is 11.1 Å². The second-order valence-electron chi connectivity index (χ2n) is 9.08.